The molecule has 0 saturated heterocycles. The van der Waals surface area contributed by atoms with Gasteiger partial charge in [-0.2, -0.15) is 0 Å². The van der Waals surface area contributed by atoms with Crippen LogP contribution >= 0.6 is 11.3 Å². The Morgan fingerprint density at radius 3 is 2.43 bits per heavy atom. The van der Waals surface area contributed by atoms with Crippen LogP contribution in [0.3, 0.4) is 0 Å². The van der Waals surface area contributed by atoms with Crippen LogP contribution in [-0.4, -0.2) is 17.0 Å². The van der Waals surface area contributed by atoms with E-state index < -0.39 is 0 Å². The summed E-state index contributed by atoms with van der Waals surface area (Å²) in [6.07, 6.45) is 0.0976. The van der Waals surface area contributed by atoms with Crippen molar-refractivity contribution in [2.45, 2.75) is 20.0 Å². The first-order valence-electron chi connectivity index (χ1n) is 9.13. The third-order valence-corrected chi connectivity index (χ3v) is 5.26. The van der Waals surface area contributed by atoms with Crippen molar-refractivity contribution >= 4 is 33.1 Å². The number of carbonyl (C=O) groups excluding carboxylic acids is 1. The minimum Gasteiger partial charge on any atom is -0.491 e. The van der Waals surface area contributed by atoms with Crippen molar-refractivity contribution in [1.82, 2.24) is 4.98 Å². The molecule has 4 nitrogen and oxygen atoms in total. The number of rotatable bonds is 5. The number of hydrogen-bond donors (Lipinski definition) is 1. The molecule has 5 heteroatoms. The number of thiazole rings is 1. The summed E-state index contributed by atoms with van der Waals surface area (Å²) in [4.78, 5) is 17.4. The lowest BCUT2D eigenvalue weighted by atomic mass is 10.1. The van der Waals surface area contributed by atoms with Crippen molar-refractivity contribution in [3.63, 3.8) is 0 Å². The van der Waals surface area contributed by atoms with Gasteiger partial charge < -0.3 is 10.1 Å². The Labute approximate surface area is 167 Å². The fourth-order valence-corrected chi connectivity index (χ4v) is 3.92. The van der Waals surface area contributed by atoms with E-state index in [1.165, 1.54) is 0 Å². The van der Waals surface area contributed by atoms with Crippen LogP contribution in [0, 0.1) is 0 Å². The Bertz CT molecular complexity index is 1080. The minimum atomic E-state index is -0.162. The Balaban J connectivity index is 1.59. The first-order valence-corrected chi connectivity index (χ1v) is 9.95. The first-order chi connectivity index (χ1) is 13.6. The second kappa shape index (κ2) is 7.82. The molecule has 3 aromatic carbocycles. The van der Waals surface area contributed by atoms with Crippen LogP contribution in [-0.2, 0) is 0 Å². The van der Waals surface area contributed by atoms with E-state index in [4.69, 9.17) is 9.72 Å². The van der Waals surface area contributed by atoms with Gasteiger partial charge in [0.2, 0.25) is 0 Å². The first kappa shape index (κ1) is 18.2. The van der Waals surface area contributed by atoms with Crippen molar-refractivity contribution in [3.8, 4) is 16.3 Å². The molecular weight excluding hydrogens is 368 g/mol. The Hall–Kier alpha value is -3.18. The van der Waals surface area contributed by atoms with Crippen LogP contribution < -0.4 is 10.1 Å². The topological polar surface area (TPSA) is 51.2 Å². The summed E-state index contributed by atoms with van der Waals surface area (Å²) in [6.45, 7) is 3.94. The lowest BCUT2D eigenvalue weighted by molar-refractivity contribution is 0.102. The van der Waals surface area contributed by atoms with Gasteiger partial charge in [0.15, 0.2) is 0 Å². The monoisotopic (exact) mass is 388 g/mol. The van der Waals surface area contributed by atoms with Crippen LogP contribution in [0.1, 0.15) is 24.2 Å². The molecule has 0 radical (unpaired) electrons. The molecule has 140 valence electrons. The van der Waals surface area contributed by atoms with Gasteiger partial charge in [-0.05, 0) is 62.4 Å². The van der Waals surface area contributed by atoms with Gasteiger partial charge in [-0.3, -0.25) is 4.79 Å². The highest BCUT2D eigenvalue weighted by Crippen LogP contribution is 2.34. The van der Waals surface area contributed by atoms with Gasteiger partial charge in [0.05, 0.1) is 22.0 Å². The number of nitrogens with zero attached hydrogens (tertiary/aromatic N) is 1. The zero-order chi connectivity index (χ0) is 19.5. The van der Waals surface area contributed by atoms with E-state index in [-0.39, 0.29) is 12.0 Å². The summed E-state index contributed by atoms with van der Waals surface area (Å²) in [5.41, 5.74) is 3.20. The maximum absolute atomic E-state index is 12.7. The largest absolute Gasteiger partial charge is 0.491 e. The lowest BCUT2D eigenvalue weighted by Crippen LogP contribution is -2.12. The van der Waals surface area contributed by atoms with Gasteiger partial charge in [0.25, 0.3) is 5.91 Å². The van der Waals surface area contributed by atoms with E-state index in [1.807, 2.05) is 68.4 Å². The number of amides is 1. The predicted molar refractivity (Wildman–Crippen MR) is 115 cm³/mol. The molecule has 28 heavy (non-hydrogen) atoms. The SMILES string of the molecule is CC(C)Oc1ccc(C(=O)Nc2ccccc2-c2nc3ccccc3s2)cc1. The lowest BCUT2D eigenvalue weighted by Gasteiger charge is -2.11. The summed E-state index contributed by atoms with van der Waals surface area (Å²) in [7, 11) is 0. The molecule has 1 heterocycles. The number of anilines is 1. The summed E-state index contributed by atoms with van der Waals surface area (Å²) in [5, 5.41) is 3.90. The van der Waals surface area contributed by atoms with Crippen LogP contribution in [0.5, 0.6) is 5.75 Å². The fraction of sp³-hybridized carbons (Fsp3) is 0.130. The third kappa shape index (κ3) is 3.89. The van der Waals surface area contributed by atoms with Gasteiger partial charge in [0.1, 0.15) is 10.8 Å². The van der Waals surface area contributed by atoms with Crippen LogP contribution in [0.4, 0.5) is 5.69 Å². The van der Waals surface area contributed by atoms with Crippen molar-refractivity contribution in [2.24, 2.45) is 0 Å². The van der Waals surface area contributed by atoms with E-state index in [0.29, 0.717) is 5.56 Å². The number of para-hydroxylation sites is 2. The Morgan fingerprint density at radius 2 is 1.68 bits per heavy atom. The highest BCUT2D eigenvalue weighted by Gasteiger charge is 2.13. The second-order valence-electron chi connectivity index (χ2n) is 6.68. The van der Waals surface area contributed by atoms with Gasteiger partial charge in [-0.15, -0.1) is 11.3 Å². The van der Waals surface area contributed by atoms with Crippen molar-refractivity contribution in [2.75, 3.05) is 5.32 Å². The van der Waals surface area contributed by atoms with Crippen molar-refractivity contribution < 1.29 is 9.53 Å². The van der Waals surface area contributed by atoms with Crippen molar-refractivity contribution in [3.05, 3.63) is 78.4 Å². The van der Waals surface area contributed by atoms with E-state index >= 15 is 0 Å². The number of fused-ring (bicyclic) bond motifs is 1. The molecule has 0 aliphatic rings. The van der Waals surface area contributed by atoms with Crippen LogP contribution in [0.2, 0.25) is 0 Å². The minimum absolute atomic E-state index is 0.0976. The van der Waals surface area contributed by atoms with Crippen molar-refractivity contribution in [1.29, 1.82) is 0 Å². The van der Waals surface area contributed by atoms with Gasteiger partial charge in [0, 0.05) is 11.1 Å². The number of benzene rings is 3. The average Bonchev–Trinajstić information content (AvgIpc) is 3.12. The quantitative estimate of drug-likeness (QED) is 0.456. The zero-order valence-electron chi connectivity index (χ0n) is 15.7. The molecule has 1 N–H and O–H groups in total. The van der Waals surface area contributed by atoms with E-state index in [0.717, 1.165) is 32.2 Å². The molecule has 1 amide bonds. The number of ether oxygens (including phenoxy) is 1. The van der Waals surface area contributed by atoms with Crippen LogP contribution in [0.15, 0.2) is 72.8 Å². The molecule has 0 bridgehead atoms. The molecule has 4 aromatic rings. The van der Waals surface area contributed by atoms with E-state index in [1.54, 1.807) is 23.5 Å². The Morgan fingerprint density at radius 1 is 0.964 bits per heavy atom. The summed E-state index contributed by atoms with van der Waals surface area (Å²) in [5.74, 6) is 0.589. The summed E-state index contributed by atoms with van der Waals surface area (Å²) >= 11 is 1.62. The fourth-order valence-electron chi connectivity index (χ4n) is 2.92. The number of hydrogen-bond acceptors (Lipinski definition) is 4. The average molecular weight is 388 g/mol. The van der Waals surface area contributed by atoms with E-state index in [2.05, 4.69) is 11.4 Å². The highest BCUT2D eigenvalue weighted by molar-refractivity contribution is 7.21. The number of aromatic nitrogens is 1. The van der Waals surface area contributed by atoms with Gasteiger partial charge in [-0.25, -0.2) is 4.98 Å². The molecule has 0 aliphatic carbocycles. The summed E-state index contributed by atoms with van der Waals surface area (Å²) in [6, 6.07) is 22.9. The maximum atomic E-state index is 12.7. The smallest absolute Gasteiger partial charge is 0.255 e. The number of carbonyl (C=O) groups is 1. The predicted octanol–water partition coefficient (Wildman–Crippen LogP) is 6.00. The molecule has 1 aromatic heterocycles. The van der Waals surface area contributed by atoms with E-state index in [9.17, 15) is 4.79 Å². The molecule has 0 unspecified atom stereocenters. The molecular formula is C23H20N2O2S. The number of nitrogens with one attached hydrogen (secondary N) is 1. The zero-order valence-corrected chi connectivity index (χ0v) is 16.5. The second-order valence-corrected chi connectivity index (χ2v) is 7.71. The maximum Gasteiger partial charge on any atom is 0.255 e. The molecule has 0 saturated carbocycles. The van der Waals surface area contributed by atoms with Gasteiger partial charge in [-0.1, -0.05) is 24.3 Å². The molecule has 0 aliphatic heterocycles. The standard InChI is InChI=1S/C23H20N2O2S/c1-15(2)27-17-13-11-16(12-14-17)22(26)24-19-8-4-3-7-18(19)23-25-20-9-5-6-10-21(20)28-23/h3-15H,1-2H3,(H,24,26). The summed E-state index contributed by atoms with van der Waals surface area (Å²) < 4.78 is 6.76. The molecule has 0 fully saturated rings. The molecule has 4 rings (SSSR count). The molecule has 0 spiro atoms. The highest BCUT2D eigenvalue weighted by atomic mass is 32.1. The molecule has 0 atom stereocenters. The third-order valence-electron chi connectivity index (χ3n) is 4.19. The van der Waals surface area contributed by atoms with Gasteiger partial charge >= 0.3 is 0 Å². The Kier molecular flexibility index (Phi) is 5.08. The van der Waals surface area contributed by atoms with Crippen LogP contribution in [0.25, 0.3) is 20.8 Å². The normalized spacial score (nSPS) is 11.0.